The Labute approximate surface area is 97.4 Å². The predicted molar refractivity (Wildman–Crippen MR) is 66.0 cm³/mol. The molecule has 0 heterocycles. The number of rotatable bonds is 2. The molecule has 15 heavy (non-hydrogen) atoms. The molecule has 0 aromatic heterocycles. The van der Waals surface area contributed by atoms with Crippen molar-refractivity contribution in [1.29, 1.82) is 0 Å². The van der Waals surface area contributed by atoms with Crippen molar-refractivity contribution in [3.63, 3.8) is 0 Å². The highest BCUT2D eigenvalue weighted by Gasteiger charge is 2.06. The maximum absolute atomic E-state index is 11.3. The molecule has 0 bridgehead atoms. The van der Waals surface area contributed by atoms with Gasteiger partial charge >= 0.3 is 6.03 Å². The highest BCUT2D eigenvalue weighted by Crippen LogP contribution is 2.27. The standard InChI is InChI=1S/C10H14BrN3O/c1-3-13-10(15)14-9-5-8(12)6(2)4-7(9)11/h4-5H,3,12H2,1-2H3,(H2,13,14,15). The molecule has 2 amide bonds. The highest BCUT2D eigenvalue weighted by molar-refractivity contribution is 9.10. The van der Waals surface area contributed by atoms with E-state index >= 15 is 0 Å². The quantitative estimate of drug-likeness (QED) is 0.724. The Kier molecular flexibility index (Phi) is 3.96. The predicted octanol–water partition coefficient (Wildman–Crippen LogP) is 2.48. The van der Waals surface area contributed by atoms with Gasteiger partial charge in [-0.2, -0.15) is 0 Å². The van der Waals surface area contributed by atoms with Gasteiger partial charge in [0.25, 0.3) is 0 Å². The van der Waals surface area contributed by atoms with Crippen LogP contribution in [-0.2, 0) is 0 Å². The number of hydrogen-bond acceptors (Lipinski definition) is 2. The molecule has 1 aromatic rings. The van der Waals surface area contributed by atoms with Crippen molar-refractivity contribution in [2.75, 3.05) is 17.6 Å². The summed E-state index contributed by atoms with van der Waals surface area (Å²) in [4.78, 5) is 11.3. The third kappa shape index (κ3) is 3.13. The fraction of sp³-hybridized carbons (Fsp3) is 0.300. The molecule has 4 nitrogen and oxygen atoms in total. The second kappa shape index (κ2) is 5.02. The van der Waals surface area contributed by atoms with Gasteiger partial charge in [-0.3, -0.25) is 0 Å². The molecule has 0 aliphatic heterocycles. The first-order valence-electron chi connectivity index (χ1n) is 4.65. The smallest absolute Gasteiger partial charge is 0.319 e. The van der Waals surface area contributed by atoms with Gasteiger partial charge in [0, 0.05) is 16.7 Å². The van der Waals surface area contributed by atoms with Crippen LogP contribution in [0.3, 0.4) is 0 Å². The number of benzene rings is 1. The average Bonchev–Trinajstić information content (AvgIpc) is 2.14. The Balaban J connectivity index is 2.86. The molecule has 0 atom stereocenters. The SMILES string of the molecule is CCNC(=O)Nc1cc(N)c(C)cc1Br. The van der Waals surface area contributed by atoms with E-state index in [0.29, 0.717) is 17.9 Å². The molecule has 1 rings (SSSR count). The zero-order chi connectivity index (χ0) is 11.4. The molecule has 0 spiro atoms. The van der Waals surface area contributed by atoms with Crippen molar-refractivity contribution in [3.8, 4) is 0 Å². The molecular formula is C10H14BrN3O. The number of carbonyl (C=O) groups excluding carboxylic acids is 1. The number of hydrogen-bond donors (Lipinski definition) is 3. The lowest BCUT2D eigenvalue weighted by Gasteiger charge is -2.10. The molecule has 0 aliphatic rings. The summed E-state index contributed by atoms with van der Waals surface area (Å²) in [6.07, 6.45) is 0. The minimum Gasteiger partial charge on any atom is -0.398 e. The zero-order valence-corrected chi connectivity index (χ0v) is 10.3. The monoisotopic (exact) mass is 271 g/mol. The lowest BCUT2D eigenvalue weighted by molar-refractivity contribution is 0.252. The van der Waals surface area contributed by atoms with E-state index in [1.54, 1.807) is 6.07 Å². The number of nitrogen functional groups attached to an aromatic ring is 1. The van der Waals surface area contributed by atoms with Gasteiger partial charge in [-0.15, -0.1) is 0 Å². The van der Waals surface area contributed by atoms with Gasteiger partial charge in [-0.05, 0) is 47.5 Å². The van der Waals surface area contributed by atoms with Gasteiger partial charge in [0.2, 0.25) is 0 Å². The zero-order valence-electron chi connectivity index (χ0n) is 8.73. The van der Waals surface area contributed by atoms with Gasteiger partial charge < -0.3 is 16.4 Å². The first-order valence-corrected chi connectivity index (χ1v) is 5.44. The van der Waals surface area contributed by atoms with E-state index in [-0.39, 0.29) is 6.03 Å². The lowest BCUT2D eigenvalue weighted by atomic mass is 10.2. The number of urea groups is 1. The fourth-order valence-electron chi connectivity index (χ4n) is 1.11. The molecule has 0 radical (unpaired) electrons. The normalized spacial score (nSPS) is 9.80. The van der Waals surface area contributed by atoms with Crippen LogP contribution in [0.25, 0.3) is 0 Å². The van der Waals surface area contributed by atoms with E-state index in [2.05, 4.69) is 26.6 Å². The lowest BCUT2D eigenvalue weighted by Crippen LogP contribution is -2.28. The number of carbonyl (C=O) groups is 1. The van der Waals surface area contributed by atoms with Crippen molar-refractivity contribution >= 4 is 33.3 Å². The number of halogens is 1. The van der Waals surface area contributed by atoms with Crippen molar-refractivity contribution < 1.29 is 4.79 Å². The first-order chi connectivity index (χ1) is 7.04. The maximum Gasteiger partial charge on any atom is 0.319 e. The summed E-state index contributed by atoms with van der Waals surface area (Å²) in [6.45, 7) is 4.36. The number of amides is 2. The van der Waals surface area contributed by atoms with Crippen molar-refractivity contribution in [1.82, 2.24) is 5.32 Å². The minimum absolute atomic E-state index is 0.235. The Hall–Kier alpha value is -1.23. The van der Waals surface area contributed by atoms with Crippen LogP contribution in [0.5, 0.6) is 0 Å². The summed E-state index contributed by atoms with van der Waals surface area (Å²) in [5.74, 6) is 0. The third-order valence-corrected chi connectivity index (χ3v) is 2.60. The van der Waals surface area contributed by atoms with Crippen LogP contribution in [0.15, 0.2) is 16.6 Å². The Morgan fingerprint density at radius 1 is 1.53 bits per heavy atom. The van der Waals surface area contributed by atoms with Crippen molar-refractivity contribution in [2.45, 2.75) is 13.8 Å². The van der Waals surface area contributed by atoms with E-state index in [4.69, 9.17) is 5.73 Å². The highest BCUT2D eigenvalue weighted by atomic mass is 79.9. The first kappa shape index (κ1) is 11.8. The van der Waals surface area contributed by atoms with E-state index in [1.807, 2.05) is 19.9 Å². The fourth-order valence-corrected chi connectivity index (χ4v) is 1.67. The summed E-state index contributed by atoms with van der Waals surface area (Å²) in [5.41, 5.74) is 8.05. The number of nitrogens with two attached hydrogens (primary N) is 1. The molecule has 5 heteroatoms. The second-order valence-corrected chi connectivity index (χ2v) is 4.03. The van der Waals surface area contributed by atoms with Crippen LogP contribution in [0.4, 0.5) is 16.2 Å². The maximum atomic E-state index is 11.3. The Morgan fingerprint density at radius 3 is 2.80 bits per heavy atom. The summed E-state index contributed by atoms with van der Waals surface area (Å²) in [6, 6.07) is 3.37. The average molecular weight is 272 g/mol. The van der Waals surface area contributed by atoms with Crippen molar-refractivity contribution in [3.05, 3.63) is 22.2 Å². The summed E-state index contributed by atoms with van der Waals surface area (Å²) < 4.78 is 0.820. The van der Waals surface area contributed by atoms with Gasteiger partial charge in [0.15, 0.2) is 0 Å². The third-order valence-electron chi connectivity index (χ3n) is 1.94. The van der Waals surface area contributed by atoms with Gasteiger partial charge in [0.1, 0.15) is 0 Å². The molecule has 0 saturated carbocycles. The molecular weight excluding hydrogens is 258 g/mol. The second-order valence-electron chi connectivity index (χ2n) is 3.17. The van der Waals surface area contributed by atoms with Gasteiger partial charge in [0.05, 0.1) is 5.69 Å². The Bertz CT molecular complexity index is 379. The molecule has 4 N–H and O–H groups in total. The molecule has 0 aliphatic carbocycles. The molecule has 0 fully saturated rings. The van der Waals surface area contributed by atoms with Crippen LogP contribution in [0, 0.1) is 6.92 Å². The minimum atomic E-state index is -0.235. The van der Waals surface area contributed by atoms with Gasteiger partial charge in [-0.25, -0.2) is 4.79 Å². The molecule has 1 aromatic carbocycles. The van der Waals surface area contributed by atoms with Crippen LogP contribution < -0.4 is 16.4 Å². The number of nitrogens with one attached hydrogen (secondary N) is 2. The summed E-state index contributed by atoms with van der Waals surface area (Å²) in [7, 11) is 0. The van der Waals surface area contributed by atoms with Crippen LogP contribution >= 0.6 is 15.9 Å². The molecule has 0 saturated heterocycles. The van der Waals surface area contributed by atoms with E-state index < -0.39 is 0 Å². The largest absolute Gasteiger partial charge is 0.398 e. The molecule has 82 valence electrons. The van der Waals surface area contributed by atoms with Crippen LogP contribution in [0.2, 0.25) is 0 Å². The molecule has 0 unspecified atom stereocenters. The van der Waals surface area contributed by atoms with E-state index in [1.165, 1.54) is 0 Å². The Morgan fingerprint density at radius 2 is 2.20 bits per heavy atom. The van der Waals surface area contributed by atoms with Crippen molar-refractivity contribution in [2.24, 2.45) is 0 Å². The van der Waals surface area contributed by atoms with E-state index in [9.17, 15) is 4.79 Å². The number of anilines is 2. The van der Waals surface area contributed by atoms with Crippen LogP contribution in [-0.4, -0.2) is 12.6 Å². The van der Waals surface area contributed by atoms with E-state index in [0.717, 1.165) is 10.0 Å². The summed E-state index contributed by atoms with van der Waals surface area (Å²) >= 11 is 3.36. The van der Waals surface area contributed by atoms with Crippen LogP contribution in [0.1, 0.15) is 12.5 Å². The summed E-state index contributed by atoms with van der Waals surface area (Å²) in [5, 5.41) is 5.35. The van der Waals surface area contributed by atoms with Gasteiger partial charge in [-0.1, -0.05) is 0 Å². The topological polar surface area (TPSA) is 67.2 Å². The number of aryl methyl sites for hydroxylation is 1.